The van der Waals surface area contributed by atoms with Crippen LogP contribution in [-0.2, 0) is 0 Å². The van der Waals surface area contributed by atoms with Gasteiger partial charge in [-0.05, 0) is 17.2 Å². The van der Waals surface area contributed by atoms with Crippen LogP contribution in [0.25, 0.3) is 22.1 Å². The van der Waals surface area contributed by atoms with Gasteiger partial charge in [0.1, 0.15) is 11.9 Å². The Labute approximate surface area is 109 Å². The molecule has 0 radical (unpaired) electrons. The van der Waals surface area contributed by atoms with Crippen LogP contribution in [0.4, 0.5) is 0 Å². The smallest absolute Gasteiger partial charge is 0.336 e. The lowest BCUT2D eigenvalue weighted by Crippen LogP contribution is -1.97. The Morgan fingerprint density at radius 2 is 1.68 bits per heavy atom. The van der Waals surface area contributed by atoms with E-state index in [1.807, 2.05) is 30.3 Å². The molecule has 0 fully saturated rings. The molecule has 3 rings (SSSR count). The molecule has 92 valence electrons. The van der Waals surface area contributed by atoms with E-state index in [9.17, 15) is 9.59 Å². The second-order valence-corrected chi connectivity index (χ2v) is 4.22. The zero-order chi connectivity index (χ0) is 13.2. The molecule has 0 aliphatic carbocycles. The molecule has 3 heteroatoms. The fourth-order valence-corrected chi connectivity index (χ4v) is 2.09. The van der Waals surface area contributed by atoms with Crippen molar-refractivity contribution in [2.75, 3.05) is 0 Å². The number of rotatable bonds is 2. The molecule has 1 heterocycles. The van der Waals surface area contributed by atoms with Crippen molar-refractivity contribution in [3.63, 3.8) is 0 Å². The van der Waals surface area contributed by atoms with E-state index in [4.69, 9.17) is 4.42 Å². The first-order chi connectivity index (χ1) is 9.28. The highest BCUT2D eigenvalue weighted by Gasteiger charge is 2.07. The van der Waals surface area contributed by atoms with Crippen LogP contribution in [0.1, 0.15) is 10.4 Å². The summed E-state index contributed by atoms with van der Waals surface area (Å²) in [5.41, 5.74) is 2.48. The van der Waals surface area contributed by atoms with Crippen molar-refractivity contribution in [3.05, 3.63) is 70.6 Å². The minimum absolute atomic E-state index is 0.381. The van der Waals surface area contributed by atoms with Crippen molar-refractivity contribution in [2.45, 2.75) is 0 Å². The Bertz CT molecular complexity index is 798. The first-order valence-electron chi connectivity index (χ1n) is 5.86. The monoisotopic (exact) mass is 250 g/mol. The van der Waals surface area contributed by atoms with Gasteiger partial charge in [0.05, 0.1) is 0 Å². The van der Waals surface area contributed by atoms with E-state index >= 15 is 0 Å². The molecule has 1 aromatic heterocycles. The molecule has 2 aromatic carbocycles. The van der Waals surface area contributed by atoms with Crippen LogP contribution < -0.4 is 5.63 Å². The number of hydrogen-bond acceptors (Lipinski definition) is 3. The van der Waals surface area contributed by atoms with Crippen molar-refractivity contribution in [1.82, 2.24) is 0 Å². The van der Waals surface area contributed by atoms with Crippen LogP contribution >= 0.6 is 0 Å². The minimum Gasteiger partial charge on any atom is -0.423 e. The molecule has 0 spiro atoms. The third-order valence-corrected chi connectivity index (χ3v) is 3.01. The van der Waals surface area contributed by atoms with Gasteiger partial charge in [-0.1, -0.05) is 42.5 Å². The predicted molar refractivity (Wildman–Crippen MR) is 73.3 cm³/mol. The second kappa shape index (κ2) is 4.53. The molecule has 0 bridgehead atoms. The lowest BCUT2D eigenvalue weighted by Gasteiger charge is -2.05. The molecule has 0 aliphatic rings. The van der Waals surface area contributed by atoms with Crippen molar-refractivity contribution in [1.29, 1.82) is 0 Å². The maximum atomic E-state index is 11.6. The fourth-order valence-electron chi connectivity index (χ4n) is 2.09. The van der Waals surface area contributed by atoms with Crippen LogP contribution in [0.3, 0.4) is 0 Å². The summed E-state index contributed by atoms with van der Waals surface area (Å²) in [4.78, 5) is 22.2. The lowest BCUT2D eigenvalue weighted by molar-refractivity contribution is 0.112. The number of hydrogen-bond donors (Lipinski definition) is 0. The van der Waals surface area contributed by atoms with E-state index in [0.29, 0.717) is 11.1 Å². The van der Waals surface area contributed by atoms with Gasteiger partial charge in [0, 0.05) is 17.0 Å². The van der Waals surface area contributed by atoms with Gasteiger partial charge in [-0.15, -0.1) is 0 Å². The topological polar surface area (TPSA) is 47.3 Å². The number of carbonyl (C=O) groups excluding carboxylic acids is 1. The molecule has 19 heavy (non-hydrogen) atoms. The molecule has 3 nitrogen and oxygen atoms in total. The summed E-state index contributed by atoms with van der Waals surface area (Å²) in [6.45, 7) is 0. The molecular formula is C16H10O3. The van der Waals surface area contributed by atoms with Gasteiger partial charge in [-0.2, -0.15) is 0 Å². The quantitative estimate of drug-likeness (QED) is 0.518. The third-order valence-electron chi connectivity index (χ3n) is 3.01. The summed E-state index contributed by atoms with van der Waals surface area (Å²) < 4.78 is 5.16. The zero-order valence-corrected chi connectivity index (χ0v) is 10.00. The van der Waals surface area contributed by atoms with Gasteiger partial charge in [0.15, 0.2) is 0 Å². The van der Waals surface area contributed by atoms with Gasteiger partial charge >= 0.3 is 5.63 Å². The minimum atomic E-state index is -0.381. The summed E-state index contributed by atoms with van der Waals surface area (Å²) in [6.07, 6.45) is 0.793. The largest absolute Gasteiger partial charge is 0.423 e. The van der Waals surface area contributed by atoms with E-state index in [2.05, 4.69) is 0 Å². The molecule has 0 N–H and O–H groups in total. The summed E-state index contributed by atoms with van der Waals surface area (Å²) >= 11 is 0. The summed E-state index contributed by atoms with van der Waals surface area (Å²) in [7, 11) is 0. The van der Waals surface area contributed by atoms with Crippen molar-refractivity contribution in [3.8, 4) is 11.1 Å². The number of carbonyl (C=O) groups is 1. The average Bonchev–Trinajstić information content (AvgIpc) is 2.46. The maximum absolute atomic E-state index is 11.6. The van der Waals surface area contributed by atoms with Crippen molar-refractivity contribution < 1.29 is 9.21 Å². The van der Waals surface area contributed by atoms with E-state index in [0.717, 1.165) is 22.8 Å². The predicted octanol–water partition coefficient (Wildman–Crippen LogP) is 3.27. The molecule has 0 atom stereocenters. The molecule has 0 saturated carbocycles. The van der Waals surface area contributed by atoms with E-state index in [1.165, 1.54) is 6.07 Å². The standard InChI is InChI=1S/C16H10O3/c17-10-11-5-7-12(8-6-11)14-9-16(18)19-15-4-2-1-3-13(14)15/h1-10H. The Hall–Kier alpha value is -2.68. The Morgan fingerprint density at radius 1 is 0.947 bits per heavy atom. The Morgan fingerprint density at radius 3 is 2.42 bits per heavy atom. The van der Waals surface area contributed by atoms with Gasteiger partial charge in [-0.25, -0.2) is 4.79 Å². The van der Waals surface area contributed by atoms with Gasteiger partial charge in [0.25, 0.3) is 0 Å². The molecular weight excluding hydrogens is 240 g/mol. The number of para-hydroxylation sites is 1. The molecule has 0 unspecified atom stereocenters. The fraction of sp³-hybridized carbons (Fsp3) is 0. The van der Waals surface area contributed by atoms with Gasteiger partial charge < -0.3 is 4.42 Å². The lowest BCUT2D eigenvalue weighted by atomic mass is 10.0. The zero-order valence-electron chi connectivity index (χ0n) is 10.00. The summed E-state index contributed by atoms with van der Waals surface area (Å²) in [5, 5.41) is 0.876. The van der Waals surface area contributed by atoms with E-state index < -0.39 is 0 Å². The van der Waals surface area contributed by atoms with Crippen LogP contribution in [0, 0.1) is 0 Å². The summed E-state index contributed by atoms with van der Waals surface area (Å²) in [5.74, 6) is 0. The summed E-state index contributed by atoms with van der Waals surface area (Å²) in [6, 6.07) is 16.0. The van der Waals surface area contributed by atoms with Crippen molar-refractivity contribution in [2.24, 2.45) is 0 Å². The van der Waals surface area contributed by atoms with E-state index in [-0.39, 0.29) is 5.63 Å². The van der Waals surface area contributed by atoms with Crippen LogP contribution in [0.5, 0.6) is 0 Å². The highest BCUT2D eigenvalue weighted by Crippen LogP contribution is 2.26. The molecule has 0 saturated heterocycles. The number of fused-ring (bicyclic) bond motifs is 1. The molecule has 0 amide bonds. The average molecular weight is 250 g/mol. The Kier molecular flexibility index (Phi) is 2.72. The highest BCUT2D eigenvalue weighted by molar-refractivity contribution is 5.93. The molecule has 3 aromatic rings. The second-order valence-electron chi connectivity index (χ2n) is 4.22. The van der Waals surface area contributed by atoms with Crippen LogP contribution in [0.2, 0.25) is 0 Å². The molecule has 0 aliphatic heterocycles. The normalized spacial score (nSPS) is 10.5. The Balaban J connectivity index is 2.28. The van der Waals surface area contributed by atoms with Crippen LogP contribution in [0.15, 0.2) is 63.8 Å². The number of aldehydes is 1. The third kappa shape index (κ3) is 2.06. The van der Waals surface area contributed by atoms with Gasteiger partial charge in [0.2, 0.25) is 0 Å². The van der Waals surface area contributed by atoms with Gasteiger partial charge in [-0.3, -0.25) is 4.79 Å². The number of benzene rings is 2. The first-order valence-corrected chi connectivity index (χ1v) is 5.86. The first kappa shape index (κ1) is 11.4. The SMILES string of the molecule is O=Cc1ccc(-c2cc(=O)oc3ccccc23)cc1. The maximum Gasteiger partial charge on any atom is 0.336 e. The highest BCUT2D eigenvalue weighted by atomic mass is 16.4. The van der Waals surface area contributed by atoms with Crippen molar-refractivity contribution >= 4 is 17.3 Å². The van der Waals surface area contributed by atoms with Crippen LogP contribution in [-0.4, -0.2) is 6.29 Å². The van der Waals surface area contributed by atoms with E-state index in [1.54, 1.807) is 18.2 Å².